The van der Waals surface area contributed by atoms with Gasteiger partial charge in [0.25, 0.3) is 0 Å². The number of hydrogen-bond acceptors (Lipinski definition) is 1. The van der Waals surface area contributed by atoms with Crippen LogP contribution in [0.25, 0.3) is 88.0 Å². The molecule has 11 aromatic carbocycles. The maximum atomic E-state index is 2.41. The van der Waals surface area contributed by atoms with Gasteiger partial charge in [-0.25, -0.2) is 0 Å². The number of rotatable bonds is 8. The number of fused-ring (bicyclic) bond motifs is 4. The Bertz CT molecular complexity index is 3330. The van der Waals surface area contributed by atoms with Crippen molar-refractivity contribution in [1.82, 2.24) is 0 Å². The normalized spacial score (nSPS) is 11.3. The Kier molecular flexibility index (Phi) is 9.26. The van der Waals surface area contributed by atoms with E-state index in [1.54, 1.807) is 0 Å². The molecule has 286 valence electrons. The van der Waals surface area contributed by atoms with Gasteiger partial charge in [0, 0.05) is 16.9 Å². The minimum absolute atomic E-state index is 1.09. The minimum atomic E-state index is 1.09. The maximum Gasteiger partial charge on any atom is 0.0540 e. The fraction of sp³-hybridized carbons (Fsp3) is 0. The molecule has 0 N–H and O–H groups in total. The second-order valence-corrected chi connectivity index (χ2v) is 15.7. The van der Waals surface area contributed by atoms with Gasteiger partial charge in [0.15, 0.2) is 0 Å². The van der Waals surface area contributed by atoms with Crippen LogP contribution in [0.3, 0.4) is 0 Å². The Labute approximate surface area is 357 Å². The van der Waals surface area contributed by atoms with Gasteiger partial charge >= 0.3 is 0 Å². The third-order valence-electron chi connectivity index (χ3n) is 12.1. The summed E-state index contributed by atoms with van der Waals surface area (Å²) in [5, 5.41) is 7.56. The van der Waals surface area contributed by atoms with E-state index in [1.165, 1.54) is 82.4 Å². The minimum Gasteiger partial charge on any atom is -0.310 e. The Morgan fingerprint density at radius 2 is 0.721 bits per heavy atom. The summed E-state index contributed by atoms with van der Waals surface area (Å²) in [6, 6.07) is 90.4. The highest BCUT2D eigenvalue weighted by atomic mass is 15.1. The second kappa shape index (κ2) is 15.6. The van der Waals surface area contributed by atoms with Gasteiger partial charge in [0.1, 0.15) is 0 Å². The molecular weight excluding hydrogens is 735 g/mol. The van der Waals surface area contributed by atoms with E-state index in [2.05, 4.69) is 254 Å². The molecule has 0 aliphatic heterocycles. The van der Waals surface area contributed by atoms with E-state index in [0.29, 0.717) is 0 Å². The largest absolute Gasteiger partial charge is 0.310 e. The molecule has 0 aromatic heterocycles. The molecule has 0 spiro atoms. The first-order valence-electron chi connectivity index (χ1n) is 21.0. The first kappa shape index (κ1) is 36.1. The molecule has 0 heterocycles. The molecule has 0 aliphatic carbocycles. The molecule has 0 saturated carbocycles. The standard InChI is InChI=1S/C60H41N/c1-2-12-42(13-3-1)44-28-31-49(32-29-44)57-20-8-9-23-60(57)61(54-18-10-17-52(41-54)56-21-11-22-58-55-19-7-6-15-48(55)36-39-59(56)58)53-37-34-46(35-38-53)45-24-26-47(27-25-45)51-33-30-43-14-4-5-16-50(43)40-51/h1-41H. The predicted octanol–water partition coefficient (Wildman–Crippen LogP) is 17.0. The lowest BCUT2D eigenvalue weighted by atomic mass is 9.94. The summed E-state index contributed by atoms with van der Waals surface area (Å²) in [6.45, 7) is 0. The van der Waals surface area contributed by atoms with Gasteiger partial charge in [-0.15, -0.1) is 0 Å². The smallest absolute Gasteiger partial charge is 0.0540 e. The van der Waals surface area contributed by atoms with Crippen molar-refractivity contribution in [2.75, 3.05) is 4.90 Å². The van der Waals surface area contributed by atoms with Crippen molar-refractivity contribution >= 4 is 49.4 Å². The van der Waals surface area contributed by atoms with Crippen LogP contribution >= 0.6 is 0 Å². The third kappa shape index (κ3) is 6.93. The van der Waals surface area contributed by atoms with Gasteiger partial charge in [-0.3, -0.25) is 0 Å². The van der Waals surface area contributed by atoms with Gasteiger partial charge in [-0.05, 0) is 119 Å². The summed E-state index contributed by atoms with van der Waals surface area (Å²) in [5.74, 6) is 0. The van der Waals surface area contributed by atoms with Gasteiger partial charge in [0.2, 0.25) is 0 Å². The van der Waals surface area contributed by atoms with Crippen molar-refractivity contribution in [2.24, 2.45) is 0 Å². The van der Waals surface area contributed by atoms with Gasteiger partial charge in [0.05, 0.1) is 5.69 Å². The van der Waals surface area contributed by atoms with Crippen LogP contribution in [0.2, 0.25) is 0 Å². The highest BCUT2D eigenvalue weighted by molar-refractivity contribution is 6.12. The molecule has 11 aromatic rings. The number of nitrogens with zero attached hydrogens (tertiary/aromatic N) is 1. The molecule has 0 unspecified atom stereocenters. The first-order chi connectivity index (χ1) is 30.2. The van der Waals surface area contributed by atoms with Gasteiger partial charge in [-0.1, -0.05) is 212 Å². The summed E-state index contributed by atoms with van der Waals surface area (Å²) in [5.41, 5.74) is 15.2. The fourth-order valence-electron chi connectivity index (χ4n) is 8.94. The molecule has 0 amide bonds. The van der Waals surface area contributed by atoms with E-state index >= 15 is 0 Å². The second-order valence-electron chi connectivity index (χ2n) is 15.7. The zero-order valence-corrected chi connectivity index (χ0v) is 33.6. The Balaban J connectivity index is 0.998. The molecule has 1 heteroatoms. The maximum absolute atomic E-state index is 2.41. The number of para-hydroxylation sites is 1. The van der Waals surface area contributed by atoms with Crippen LogP contribution in [-0.4, -0.2) is 0 Å². The Morgan fingerprint density at radius 1 is 0.213 bits per heavy atom. The Morgan fingerprint density at radius 3 is 1.49 bits per heavy atom. The van der Waals surface area contributed by atoms with Crippen molar-refractivity contribution in [3.8, 4) is 55.6 Å². The van der Waals surface area contributed by atoms with E-state index in [0.717, 1.165) is 22.6 Å². The van der Waals surface area contributed by atoms with Crippen molar-refractivity contribution in [3.63, 3.8) is 0 Å². The summed E-state index contributed by atoms with van der Waals surface area (Å²) in [4.78, 5) is 2.41. The van der Waals surface area contributed by atoms with E-state index in [-0.39, 0.29) is 0 Å². The fourth-order valence-corrected chi connectivity index (χ4v) is 8.94. The lowest BCUT2D eigenvalue weighted by Gasteiger charge is -2.28. The molecule has 11 rings (SSSR count). The summed E-state index contributed by atoms with van der Waals surface area (Å²) in [7, 11) is 0. The van der Waals surface area contributed by atoms with E-state index < -0.39 is 0 Å². The highest BCUT2D eigenvalue weighted by Crippen LogP contribution is 2.43. The van der Waals surface area contributed by atoms with Gasteiger partial charge < -0.3 is 4.90 Å². The van der Waals surface area contributed by atoms with Crippen molar-refractivity contribution < 1.29 is 0 Å². The van der Waals surface area contributed by atoms with Crippen molar-refractivity contribution in [2.45, 2.75) is 0 Å². The van der Waals surface area contributed by atoms with Gasteiger partial charge in [-0.2, -0.15) is 0 Å². The Hall–Kier alpha value is -8.00. The zero-order chi connectivity index (χ0) is 40.5. The summed E-state index contributed by atoms with van der Waals surface area (Å²) >= 11 is 0. The van der Waals surface area contributed by atoms with E-state index in [4.69, 9.17) is 0 Å². The van der Waals surface area contributed by atoms with Crippen molar-refractivity contribution in [1.29, 1.82) is 0 Å². The molecule has 0 atom stereocenters. The zero-order valence-electron chi connectivity index (χ0n) is 33.6. The molecule has 0 aliphatic rings. The van der Waals surface area contributed by atoms with Crippen molar-refractivity contribution in [3.05, 3.63) is 249 Å². The monoisotopic (exact) mass is 775 g/mol. The van der Waals surface area contributed by atoms with Crippen LogP contribution in [0.15, 0.2) is 249 Å². The van der Waals surface area contributed by atoms with Crippen LogP contribution in [0.4, 0.5) is 17.1 Å². The summed E-state index contributed by atoms with van der Waals surface area (Å²) in [6.07, 6.45) is 0. The number of hydrogen-bond donors (Lipinski definition) is 0. The molecule has 0 saturated heterocycles. The molecule has 0 fully saturated rings. The van der Waals surface area contributed by atoms with E-state index in [9.17, 15) is 0 Å². The average molecular weight is 776 g/mol. The number of anilines is 3. The average Bonchev–Trinajstić information content (AvgIpc) is 3.34. The lowest BCUT2D eigenvalue weighted by Crippen LogP contribution is -2.11. The first-order valence-corrected chi connectivity index (χ1v) is 21.0. The number of benzene rings is 11. The molecule has 1 nitrogen and oxygen atoms in total. The quantitative estimate of drug-likeness (QED) is 0.139. The third-order valence-corrected chi connectivity index (χ3v) is 12.1. The van der Waals surface area contributed by atoms with Crippen LogP contribution in [0, 0.1) is 0 Å². The van der Waals surface area contributed by atoms with Crippen LogP contribution in [0.5, 0.6) is 0 Å². The lowest BCUT2D eigenvalue weighted by molar-refractivity contribution is 1.28. The SMILES string of the molecule is c1ccc(-c2ccc(-c3ccccc3N(c3ccc(-c4ccc(-c5ccc6ccccc6c5)cc4)cc3)c3cccc(-c4cccc5c4ccc4ccccc45)c3)cc2)cc1. The predicted molar refractivity (Wildman–Crippen MR) is 261 cm³/mol. The van der Waals surface area contributed by atoms with E-state index in [1.807, 2.05) is 0 Å². The topological polar surface area (TPSA) is 3.24 Å². The van der Waals surface area contributed by atoms with Crippen LogP contribution in [-0.2, 0) is 0 Å². The molecule has 0 bridgehead atoms. The highest BCUT2D eigenvalue weighted by Gasteiger charge is 2.19. The summed E-state index contributed by atoms with van der Waals surface area (Å²) < 4.78 is 0. The molecule has 0 radical (unpaired) electrons. The van der Waals surface area contributed by atoms with Crippen LogP contribution < -0.4 is 4.90 Å². The molecule has 61 heavy (non-hydrogen) atoms. The van der Waals surface area contributed by atoms with Crippen LogP contribution in [0.1, 0.15) is 0 Å². The molecular formula is C60H41N.